The lowest BCUT2D eigenvalue weighted by atomic mass is 10.1. The van der Waals surface area contributed by atoms with Gasteiger partial charge in [-0.1, -0.05) is 5.21 Å². The molecule has 0 radical (unpaired) electrons. The van der Waals surface area contributed by atoms with Crippen molar-refractivity contribution in [3.8, 4) is 11.4 Å². The Bertz CT molecular complexity index is 1100. The van der Waals surface area contributed by atoms with E-state index in [9.17, 15) is 8.78 Å². The maximum atomic E-state index is 13.9. The summed E-state index contributed by atoms with van der Waals surface area (Å²) in [7, 11) is 1.61. The Morgan fingerprint density at radius 1 is 1.11 bits per heavy atom. The first-order valence-electron chi connectivity index (χ1n) is 8.17. The number of nitrogens with zero attached hydrogens (tertiary/aromatic N) is 4. The SMILES string of the molecule is COc1ccc(-n2cc(CNc3ccnc4c(F)cc(F)cc34)nn2)cc1. The minimum atomic E-state index is -0.695. The third-order valence-electron chi connectivity index (χ3n) is 4.10. The summed E-state index contributed by atoms with van der Waals surface area (Å²) in [5.41, 5.74) is 2.20. The molecule has 0 saturated carbocycles. The van der Waals surface area contributed by atoms with Crippen LogP contribution in [0, 0.1) is 11.6 Å². The molecule has 0 aliphatic heterocycles. The number of halogens is 2. The van der Waals surface area contributed by atoms with Crippen LogP contribution in [0.25, 0.3) is 16.6 Å². The van der Waals surface area contributed by atoms with E-state index in [1.807, 2.05) is 24.3 Å². The van der Waals surface area contributed by atoms with E-state index in [1.165, 1.54) is 12.3 Å². The third-order valence-corrected chi connectivity index (χ3v) is 4.10. The molecular weight excluding hydrogens is 352 g/mol. The first-order valence-corrected chi connectivity index (χ1v) is 8.17. The lowest BCUT2D eigenvalue weighted by Crippen LogP contribution is -2.01. The normalized spacial score (nSPS) is 10.9. The summed E-state index contributed by atoms with van der Waals surface area (Å²) < 4.78 is 34.2. The average molecular weight is 367 g/mol. The Morgan fingerprint density at radius 3 is 2.70 bits per heavy atom. The van der Waals surface area contributed by atoms with Crippen LogP contribution in [0.4, 0.5) is 14.5 Å². The maximum Gasteiger partial charge on any atom is 0.152 e. The van der Waals surface area contributed by atoms with Gasteiger partial charge in [-0.05, 0) is 36.4 Å². The van der Waals surface area contributed by atoms with Gasteiger partial charge < -0.3 is 10.1 Å². The summed E-state index contributed by atoms with van der Waals surface area (Å²) in [5, 5.41) is 11.7. The Balaban J connectivity index is 1.54. The van der Waals surface area contributed by atoms with Crippen LogP contribution in [0.5, 0.6) is 5.75 Å². The molecule has 0 atom stereocenters. The second-order valence-electron chi connectivity index (χ2n) is 5.85. The highest BCUT2D eigenvalue weighted by molar-refractivity contribution is 5.91. The van der Waals surface area contributed by atoms with Crippen molar-refractivity contribution in [3.05, 3.63) is 72.2 Å². The van der Waals surface area contributed by atoms with Gasteiger partial charge in [0.15, 0.2) is 5.82 Å². The zero-order valence-electron chi connectivity index (χ0n) is 14.4. The second kappa shape index (κ2) is 6.99. The highest BCUT2D eigenvalue weighted by Crippen LogP contribution is 2.25. The molecule has 0 spiro atoms. The van der Waals surface area contributed by atoms with Crippen molar-refractivity contribution < 1.29 is 13.5 Å². The number of methoxy groups -OCH3 is 1. The molecule has 0 fully saturated rings. The van der Waals surface area contributed by atoms with Gasteiger partial charge in [0.05, 0.1) is 25.5 Å². The fourth-order valence-electron chi connectivity index (χ4n) is 2.76. The highest BCUT2D eigenvalue weighted by atomic mass is 19.1. The predicted molar refractivity (Wildman–Crippen MR) is 96.9 cm³/mol. The second-order valence-corrected chi connectivity index (χ2v) is 5.85. The van der Waals surface area contributed by atoms with Crippen LogP contribution in [0.15, 0.2) is 54.9 Å². The first-order chi connectivity index (χ1) is 13.1. The molecule has 2 aromatic heterocycles. The van der Waals surface area contributed by atoms with Gasteiger partial charge in [-0.25, -0.2) is 13.5 Å². The largest absolute Gasteiger partial charge is 0.497 e. The minimum Gasteiger partial charge on any atom is -0.497 e. The predicted octanol–water partition coefficient (Wildman–Crippen LogP) is 3.71. The lowest BCUT2D eigenvalue weighted by Gasteiger charge is -2.08. The van der Waals surface area contributed by atoms with E-state index in [4.69, 9.17) is 4.74 Å². The molecular formula is C19H15F2N5O. The van der Waals surface area contributed by atoms with Crippen molar-refractivity contribution in [3.63, 3.8) is 0 Å². The Labute approximate surface area is 153 Å². The number of rotatable bonds is 5. The quantitative estimate of drug-likeness (QED) is 0.582. The molecule has 0 amide bonds. The molecule has 8 heteroatoms. The highest BCUT2D eigenvalue weighted by Gasteiger charge is 2.10. The number of fused-ring (bicyclic) bond motifs is 1. The molecule has 0 aliphatic carbocycles. The van der Waals surface area contributed by atoms with Gasteiger partial charge in [-0.3, -0.25) is 4.98 Å². The summed E-state index contributed by atoms with van der Waals surface area (Å²) in [6, 6.07) is 11.1. The fraction of sp³-hybridized carbons (Fsp3) is 0.105. The first kappa shape index (κ1) is 16.9. The standard InChI is InChI=1S/C19H15F2N5O/c1-27-15-4-2-14(3-5-15)26-11-13(24-25-26)10-23-18-6-7-22-19-16(18)8-12(20)9-17(19)21/h2-9,11H,10H2,1H3,(H,22,23). The Kier molecular flexibility index (Phi) is 4.37. The average Bonchev–Trinajstić information content (AvgIpc) is 3.15. The third kappa shape index (κ3) is 3.41. The summed E-state index contributed by atoms with van der Waals surface area (Å²) in [6.07, 6.45) is 3.25. The number of aromatic nitrogens is 4. The Morgan fingerprint density at radius 2 is 1.93 bits per heavy atom. The van der Waals surface area contributed by atoms with E-state index in [-0.39, 0.29) is 5.52 Å². The lowest BCUT2D eigenvalue weighted by molar-refractivity contribution is 0.414. The number of hydrogen-bond acceptors (Lipinski definition) is 5. The van der Waals surface area contributed by atoms with Gasteiger partial charge in [0.25, 0.3) is 0 Å². The smallest absolute Gasteiger partial charge is 0.152 e. The molecule has 0 unspecified atom stereocenters. The minimum absolute atomic E-state index is 0.114. The Hall–Kier alpha value is -3.55. The topological polar surface area (TPSA) is 64.9 Å². The molecule has 4 rings (SSSR count). The van der Waals surface area contributed by atoms with Gasteiger partial charge in [0.1, 0.15) is 22.8 Å². The number of anilines is 1. The van der Waals surface area contributed by atoms with E-state index in [1.54, 1.807) is 24.1 Å². The summed E-state index contributed by atoms with van der Waals surface area (Å²) in [5.74, 6) is -0.592. The van der Waals surface area contributed by atoms with E-state index >= 15 is 0 Å². The van der Waals surface area contributed by atoms with Crippen LogP contribution in [-0.4, -0.2) is 27.1 Å². The van der Waals surface area contributed by atoms with Crippen molar-refractivity contribution in [1.29, 1.82) is 0 Å². The number of pyridine rings is 1. The van der Waals surface area contributed by atoms with Crippen molar-refractivity contribution in [2.75, 3.05) is 12.4 Å². The van der Waals surface area contributed by atoms with Gasteiger partial charge in [0, 0.05) is 23.3 Å². The molecule has 1 N–H and O–H groups in total. The molecule has 0 aliphatic rings. The van der Waals surface area contributed by atoms with Gasteiger partial charge in [-0.2, -0.15) is 0 Å². The molecule has 2 aromatic carbocycles. The molecule has 136 valence electrons. The van der Waals surface area contributed by atoms with Crippen LogP contribution >= 0.6 is 0 Å². The molecule has 0 bridgehead atoms. The maximum absolute atomic E-state index is 13.9. The van der Waals surface area contributed by atoms with Crippen LogP contribution in [-0.2, 0) is 6.54 Å². The molecule has 0 saturated heterocycles. The van der Waals surface area contributed by atoms with E-state index in [0.29, 0.717) is 23.3 Å². The zero-order chi connectivity index (χ0) is 18.8. The fourth-order valence-corrected chi connectivity index (χ4v) is 2.76. The van der Waals surface area contributed by atoms with Gasteiger partial charge in [0.2, 0.25) is 0 Å². The van der Waals surface area contributed by atoms with Crippen molar-refractivity contribution in [2.45, 2.75) is 6.54 Å². The van der Waals surface area contributed by atoms with E-state index in [0.717, 1.165) is 17.5 Å². The van der Waals surface area contributed by atoms with Crippen molar-refractivity contribution >= 4 is 16.6 Å². The number of nitrogens with one attached hydrogen (secondary N) is 1. The van der Waals surface area contributed by atoms with Crippen LogP contribution in [0.1, 0.15) is 5.69 Å². The van der Waals surface area contributed by atoms with Crippen LogP contribution in [0.2, 0.25) is 0 Å². The van der Waals surface area contributed by atoms with Crippen LogP contribution in [0.3, 0.4) is 0 Å². The molecule has 6 nitrogen and oxygen atoms in total. The summed E-state index contributed by atoms with van der Waals surface area (Å²) in [6.45, 7) is 0.341. The monoisotopic (exact) mass is 367 g/mol. The molecule has 27 heavy (non-hydrogen) atoms. The van der Waals surface area contributed by atoms with Gasteiger partial charge in [-0.15, -0.1) is 5.10 Å². The van der Waals surface area contributed by atoms with Gasteiger partial charge >= 0.3 is 0 Å². The number of hydrogen-bond donors (Lipinski definition) is 1. The van der Waals surface area contributed by atoms with E-state index < -0.39 is 11.6 Å². The van der Waals surface area contributed by atoms with Crippen molar-refractivity contribution in [1.82, 2.24) is 20.0 Å². The van der Waals surface area contributed by atoms with E-state index in [2.05, 4.69) is 20.6 Å². The molecule has 2 heterocycles. The zero-order valence-corrected chi connectivity index (χ0v) is 14.4. The number of ether oxygens (including phenoxy) is 1. The molecule has 4 aromatic rings. The number of benzene rings is 2. The van der Waals surface area contributed by atoms with Crippen LogP contribution < -0.4 is 10.1 Å². The summed E-state index contributed by atoms with van der Waals surface area (Å²) >= 11 is 0. The summed E-state index contributed by atoms with van der Waals surface area (Å²) in [4.78, 5) is 3.97. The van der Waals surface area contributed by atoms with Crippen molar-refractivity contribution in [2.24, 2.45) is 0 Å².